The molecule has 0 saturated heterocycles. The lowest BCUT2D eigenvalue weighted by Gasteiger charge is -2.27. The zero-order valence-corrected chi connectivity index (χ0v) is 16.6. The number of oxime groups is 1. The van der Waals surface area contributed by atoms with Crippen molar-refractivity contribution in [3.8, 4) is 0 Å². The number of hydrogen-bond acceptors (Lipinski definition) is 3. The van der Waals surface area contributed by atoms with Crippen molar-refractivity contribution in [3.63, 3.8) is 0 Å². The van der Waals surface area contributed by atoms with Crippen LogP contribution >= 0.6 is 0 Å². The molecule has 0 spiro atoms. The fourth-order valence-corrected chi connectivity index (χ4v) is 3.25. The molecule has 0 fully saturated rings. The average Bonchev–Trinajstić information content (AvgIpc) is 3.15. The van der Waals surface area contributed by atoms with Gasteiger partial charge >= 0.3 is 6.18 Å². The second-order valence-corrected chi connectivity index (χ2v) is 7.55. The van der Waals surface area contributed by atoms with Crippen LogP contribution in [-0.4, -0.2) is 29.2 Å². The molecule has 2 aromatic carbocycles. The Morgan fingerprint density at radius 2 is 1.90 bits per heavy atom. The third-order valence-corrected chi connectivity index (χ3v) is 4.77. The summed E-state index contributed by atoms with van der Waals surface area (Å²) in [4.78, 5) is 19.6. The van der Waals surface area contributed by atoms with Crippen LogP contribution in [0.15, 0.2) is 53.7 Å². The number of carbonyl (C=O) groups is 1. The van der Waals surface area contributed by atoms with Gasteiger partial charge in [0.05, 0.1) is 17.8 Å². The van der Waals surface area contributed by atoms with Gasteiger partial charge in [-0.1, -0.05) is 43.3 Å². The maximum Gasteiger partial charge on any atom is 0.416 e. The lowest BCUT2D eigenvalue weighted by atomic mass is 10.0. The van der Waals surface area contributed by atoms with E-state index in [-0.39, 0.29) is 30.7 Å². The Hall–Kier alpha value is -2.90. The molecule has 1 amide bonds. The third-order valence-electron chi connectivity index (χ3n) is 4.77. The van der Waals surface area contributed by atoms with Crippen LogP contribution in [0.2, 0.25) is 0 Å². The van der Waals surface area contributed by atoms with Crippen LogP contribution in [0, 0.1) is 11.7 Å². The van der Waals surface area contributed by atoms with Gasteiger partial charge in [0.15, 0.2) is 6.10 Å². The predicted octanol–water partition coefficient (Wildman–Crippen LogP) is 5.02. The molecular weight excluding hydrogens is 400 g/mol. The third kappa shape index (κ3) is 5.37. The summed E-state index contributed by atoms with van der Waals surface area (Å²) in [6, 6.07) is 10.8. The number of carbonyl (C=O) groups excluding carboxylic acids is 1. The van der Waals surface area contributed by atoms with Gasteiger partial charge in [0.2, 0.25) is 5.91 Å². The Kier molecular flexibility index (Phi) is 6.43. The molecule has 0 aromatic heterocycles. The van der Waals surface area contributed by atoms with Crippen molar-refractivity contribution >= 4 is 11.6 Å². The molecule has 0 bridgehead atoms. The first-order valence-electron chi connectivity index (χ1n) is 9.57. The van der Waals surface area contributed by atoms with E-state index in [0.29, 0.717) is 17.7 Å². The summed E-state index contributed by atoms with van der Waals surface area (Å²) in [5.74, 6) is -0.870. The van der Waals surface area contributed by atoms with Crippen LogP contribution in [0.5, 0.6) is 0 Å². The van der Waals surface area contributed by atoms with Crippen molar-refractivity contribution in [2.24, 2.45) is 11.1 Å². The van der Waals surface area contributed by atoms with Gasteiger partial charge in [0.25, 0.3) is 0 Å². The van der Waals surface area contributed by atoms with E-state index in [4.69, 9.17) is 4.84 Å². The summed E-state index contributed by atoms with van der Waals surface area (Å²) >= 11 is 0. The standard InChI is InChI=1S/C22H22F4N2O2/c1-14(2)21(29)28(12-15-4-3-5-17(10-15)22(24,25)26)13-19-11-20(27-30-19)16-6-8-18(23)9-7-16/h3-10,14,19H,11-13H2,1-2H3/t19-/m1/s1. The molecule has 0 radical (unpaired) electrons. The quantitative estimate of drug-likeness (QED) is 0.614. The molecule has 1 aliphatic rings. The summed E-state index contributed by atoms with van der Waals surface area (Å²) in [5.41, 5.74) is 0.988. The second kappa shape index (κ2) is 8.85. The molecule has 1 aliphatic heterocycles. The first kappa shape index (κ1) is 21.8. The zero-order valence-electron chi connectivity index (χ0n) is 16.6. The van der Waals surface area contributed by atoms with Crippen LogP contribution in [0.4, 0.5) is 17.6 Å². The van der Waals surface area contributed by atoms with Gasteiger partial charge in [-0.25, -0.2) is 4.39 Å². The number of alkyl halides is 3. The maximum atomic E-state index is 13.1. The smallest absolute Gasteiger partial charge is 0.390 e. The van der Waals surface area contributed by atoms with Crippen LogP contribution in [0.25, 0.3) is 0 Å². The van der Waals surface area contributed by atoms with Crippen LogP contribution in [-0.2, 0) is 22.4 Å². The highest BCUT2D eigenvalue weighted by Gasteiger charge is 2.31. The highest BCUT2D eigenvalue weighted by atomic mass is 19.4. The number of rotatable bonds is 6. The van der Waals surface area contributed by atoms with Crippen molar-refractivity contribution in [3.05, 3.63) is 71.0 Å². The van der Waals surface area contributed by atoms with Gasteiger partial charge in [0, 0.05) is 18.9 Å². The Morgan fingerprint density at radius 1 is 1.20 bits per heavy atom. The number of hydrogen-bond donors (Lipinski definition) is 0. The average molecular weight is 422 g/mol. The molecule has 3 rings (SSSR count). The summed E-state index contributed by atoms with van der Waals surface area (Å²) in [6.45, 7) is 3.68. The van der Waals surface area contributed by atoms with E-state index >= 15 is 0 Å². The first-order valence-corrected chi connectivity index (χ1v) is 9.57. The van der Waals surface area contributed by atoms with E-state index in [1.807, 2.05) is 0 Å². The molecule has 0 saturated carbocycles. The predicted molar refractivity (Wildman–Crippen MR) is 104 cm³/mol. The fourth-order valence-electron chi connectivity index (χ4n) is 3.25. The van der Waals surface area contributed by atoms with Crippen molar-refractivity contribution in [2.75, 3.05) is 6.54 Å². The van der Waals surface area contributed by atoms with Crippen molar-refractivity contribution in [2.45, 2.75) is 39.1 Å². The fraction of sp³-hybridized carbons (Fsp3) is 0.364. The van der Waals surface area contributed by atoms with E-state index in [2.05, 4.69) is 5.16 Å². The van der Waals surface area contributed by atoms with E-state index < -0.39 is 17.8 Å². The molecule has 30 heavy (non-hydrogen) atoms. The number of nitrogens with zero attached hydrogens (tertiary/aromatic N) is 2. The number of halogens is 4. The second-order valence-electron chi connectivity index (χ2n) is 7.55. The monoisotopic (exact) mass is 422 g/mol. The summed E-state index contributed by atoms with van der Waals surface area (Å²) in [6.07, 6.45) is -4.47. The first-order chi connectivity index (χ1) is 14.1. The van der Waals surface area contributed by atoms with E-state index in [1.54, 1.807) is 32.0 Å². The lowest BCUT2D eigenvalue weighted by molar-refractivity contribution is -0.137. The van der Waals surface area contributed by atoms with Crippen LogP contribution in [0.3, 0.4) is 0 Å². The molecule has 0 unspecified atom stereocenters. The number of amides is 1. The molecule has 160 valence electrons. The van der Waals surface area contributed by atoms with Gasteiger partial charge in [-0.3, -0.25) is 4.79 Å². The molecule has 2 aromatic rings. The summed E-state index contributed by atoms with van der Waals surface area (Å²) in [7, 11) is 0. The summed E-state index contributed by atoms with van der Waals surface area (Å²) in [5, 5.41) is 4.04. The van der Waals surface area contributed by atoms with Crippen LogP contribution < -0.4 is 0 Å². The van der Waals surface area contributed by atoms with Crippen molar-refractivity contribution in [1.29, 1.82) is 0 Å². The molecule has 0 N–H and O–H groups in total. The highest BCUT2D eigenvalue weighted by Crippen LogP contribution is 2.30. The topological polar surface area (TPSA) is 41.9 Å². The zero-order chi connectivity index (χ0) is 21.9. The summed E-state index contributed by atoms with van der Waals surface area (Å²) < 4.78 is 52.1. The lowest BCUT2D eigenvalue weighted by Crippen LogP contribution is -2.39. The van der Waals surface area contributed by atoms with Crippen LogP contribution in [0.1, 0.15) is 37.0 Å². The van der Waals surface area contributed by atoms with Gasteiger partial charge in [-0.2, -0.15) is 13.2 Å². The molecule has 1 heterocycles. The van der Waals surface area contributed by atoms with E-state index in [0.717, 1.165) is 17.7 Å². The minimum absolute atomic E-state index is 0.0344. The van der Waals surface area contributed by atoms with Gasteiger partial charge in [0.1, 0.15) is 5.82 Å². The minimum Gasteiger partial charge on any atom is -0.390 e. The van der Waals surface area contributed by atoms with Crippen molar-refractivity contribution in [1.82, 2.24) is 4.90 Å². The normalized spacial score (nSPS) is 16.4. The Labute approximate surface area is 172 Å². The molecular formula is C22H22F4N2O2. The Bertz CT molecular complexity index is 923. The molecule has 1 atom stereocenters. The van der Waals surface area contributed by atoms with E-state index in [1.165, 1.54) is 23.1 Å². The SMILES string of the molecule is CC(C)C(=O)N(Cc1cccc(C(F)(F)F)c1)C[C@H]1CC(c2ccc(F)cc2)=NO1. The Morgan fingerprint density at radius 3 is 2.53 bits per heavy atom. The van der Waals surface area contributed by atoms with Gasteiger partial charge in [-0.05, 0) is 35.4 Å². The van der Waals surface area contributed by atoms with Gasteiger partial charge < -0.3 is 9.74 Å². The Balaban J connectivity index is 1.71. The molecule has 4 nitrogen and oxygen atoms in total. The van der Waals surface area contributed by atoms with E-state index in [9.17, 15) is 22.4 Å². The molecule has 0 aliphatic carbocycles. The number of benzene rings is 2. The largest absolute Gasteiger partial charge is 0.416 e. The minimum atomic E-state index is -4.45. The van der Waals surface area contributed by atoms with Crippen molar-refractivity contribution < 1.29 is 27.2 Å². The molecule has 8 heteroatoms. The van der Waals surface area contributed by atoms with Gasteiger partial charge in [-0.15, -0.1) is 0 Å². The maximum absolute atomic E-state index is 13.1. The highest BCUT2D eigenvalue weighted by molar-refractivity contribution is 6.01.